The molecular formula is C17H30N2O3. The zero-order chi connectivity index (χ0) is 17.0. The Bertz CT molecular complexity index is 426. The Hall–Kier alpha value is -1.75. The molecular weight excluding hydrogens is 280 g/mol. The molecule has 0 fully saturated rings. The third kappa shape index (κ3) is 7.88. The quantitative estimate of drug-likeness (QED) is 0.568. The number of nitrogen functional groups attached to an aromatic ring is 1. The standard InChI is InChI=1S/C11H15NO3.C6H15N/c1-2-3-6-15-10-5-4-8(11(13)14)7-9(10)12;1-4-7(5-2)6-3/h4-5,7H,2-3,6,12H2,1H3,(H,13,14);4-6H2,1-3H3. The van der Waals surface area contributed by atoms with E-state index in [1.54, 1.807) is 6.07 Å². The third-order valence-electron chi connectivity index (χ3n) is 3.35. The van der Waals surface area contributed by atoms with E-state index in [-0.39, 0.29) is 5.56 Å². The second-order valence-corrected chi connectivity index (χ2v) is 4.88. The summed E-state index contributed by atoms with van der Waals surface area (Å²) in [6.07, 6.45) is 2.01. The highest BCUT2D eigenvalue weighted by Crippen LogP contribution is 2.22. The molecule has 0 heterocycles. The van der Waals surface area contributed by atoms with E-state index in [4.69, 9.17) is 15.6 Å². The first-order valence-corrected chi connectivity index (χ1v) is 7.97. The molecule has 1 aromatic carbocycles. The van der Waals surface area contributed by atoms with Gasteiger partial charge in [0.2, 0.25) is 0 Å². The van der Waals surface area contributed by atoms with Crippen LogP contribution in [0.15, 0.2) is 18.2 Å². The average molecular weight is 310 g/mol. The van der Waals surface area contributed by atoms with Gasteiger partial charge in [-0.15, -0.1) is 0 Å². The summed E-state index contributed by atoms with van der Waals surface area (Å²) in [6.45, 7) is 12.8. The number of rotatable bonds is 8. The zero-order valence-electron chi connectivity index (χ0n) is 14.3. The molecule has 0 spiro atoms. The minimum absolute atomic E-state index is 0.176. The Morgan fingerprint density at radius 1 is 1.18 bits per heavy atom. The molecule has 1 rings (SSSR count). The van der Waals surface area contributed by atoms with E-state index in [1.165, 1.54) is 31.8 Å². The summed E-state index contributed by atoms with van der Waals surface area (Å²) >= 11 is 0. The van der Waals surface area contributed by atoms with Gasteiger partial charge in [0.1, 0.15) is 5.75 Å². The molecule has 0 atom stereocenters. The van der Waals surface area contributed by atoms with Gasteiger partial charge in [-0.25, -0.2) is 4.79 Å². The number of carboxylic acid groups (broad SMARTS) is 1. The van der Waals surface area contributed by atoms with Crippen molar-refractivity contribution >= 4 is 11.7 Å². The molecule has 5 heteroatoms. The minimum Gasteiger partial charge on any atom is -0.491 e. The van der Waals surface area contributed by atoms with Gasteiger partial charge in [-0.2, -0.15) is 0 Å². The van der Waals surface area contributed by atoms with Gasteiger partial charge in [0, 0.05) is 0 Å². The van der Waals surface area contributed by atoms with E-state index >= 15 is 0 Å². The van der Waals surface area contributed by atoms with Crippen molar-refractivity contribution in [3.05, 3.63) is 23.8 Å². The lowest BCUT2D eigenvalue weighted by molar-refractivity contribution is 0.0697. The van der Waals surface area contributed by atoms with Crippen molar-refractivity contribution in [1.29, 1.82) is 0 Å². The molecule has 0 radical (unpaired) electrons. The van der Waals surface area contributed by atoms with E-state index in [2.05, 4.69) is 32.6 Å². The van der Waals surface area contributed by atoms with Crippen LogP contribution < -0.4 is 10.5 Å². The van der Waals surface area contributed by atoms with Crippen LogP contribution >= 0.6 is 0 Å². The molecule has 0 aliphatic rings. The molecule has 0 aliphatic heterocycles. The van der Waals surface area contributed by atoms with Crippen LogP contribution in [0.2, 0.25) is 0 Å². The summed E-state index contributed by atoms with van der Waals surface area (Å²) < 4.78 is 5.39. The summed E-state index contributed by atoms with van der Waals surface area (Å²) in [7, 11) is 0. The maximum absolute atomic E-state index is 10.6. The Morgan fingerprint density at radius 2 is 1.77 bits per heavy atom. The molecule has 1 aromatic rings. The Balaban J connectivity index is 0.000000534. The molecule has 3 N–H and O–H groups in total. The number of unbranched alkanes of at least 4 members (excludes halogenated alkanes) is 1. The lowest BCUT2D eigenvalue weighted by Crippen LogP contribution is -2.21. The van der Waals surface area contributed by atoms with Crippen molar-refractivity contribution in [3.63, 3.8) is 0 Å². The zero-order valence-corrected chi connectivity index (χ0v) is 14.3. The van der Waals surface area contributed by atoms with Gasteiger partial charge in [-0.1, -0.05) is 34.1 Å². The van der Waals surface area contributed by atoms with Crippen LogP contribution in [0.1, 0.15) is 50.9 Å². The van der Waals surface area contributed by atoms with E-state index < -0.39 is 5.97 Å². The number of aromatic carboxylic acids is 1. The fourth-order valence-electron chi connectivity index (χ4n) is 1.81. The molecule has 0 saturated heterocycles. The highest BCUT2D eigenvalue weighted by atomic mass is 16.5. The lowest BCUT2D eigenvalue weighted by Gasteiger charge is -2.13. The van der Waals surface area contributed by atoms with Crippen molar-refractivity contribution in [3.8, 4) is 5.75 Å². The van der Waals surface area contributed by atoms with Crippen LogP contribution in [0.4, 0.5) is 5.69 Å². The monoisotopic (exact) mass is 310 g/mol. The van der Waals surface area contributed by atoms with E-state index in [9.17, 15) is 4.79 Å². The fourth-order valence-corrected chi connectivity index (χ4v) is 1.81. The van der Waals surface area contributed by atoms with Gasteiger partial charge in [-0.05, 0) is 44.3 Å². The molecule has 5 nitrogen and oxygen atoms in total. The van der Waals surface area contributed by atoms with Crippen molar-refractivity contribution in [2.24, 2.45) is 0 Å². The second kappa shape index (κ2) is 11.9. The summed E-state index contributed by atoms with van der Waals surface area (Å²) in [6, 6.07) is 4.48. The molecule has 0 saturated carbocycles. The van der Waals surface area contributed by atoms with Gasteiger partial charge in [0.25, 0.3) is 0 Å². The van der Waals surface area contributed by atoms with Crippen LogP contribution in [0, 0.1) is 0 Å². The Morgan fingerprint density at radius 3 is 2.14 bits per heavy atom. The van der Waals surface area contributed by atoms with Crippen LogP contribution in [0.5, 0.6) is 5.75 Å². The fraction of sp³-hybridized carbons (Fsp3) is 0.588. The normalized spacial score (nSPS) is 10.0. The van der Waals surface area contributed by atoms with Gasteiger partial charge in [-0.3, -0.25) is 0 Å². The number of nitrogens with two attached hydrogens (primary N) is 1. The molecule has 0 bridgehead atoms. The number of anilines is 1. The number of hydrogen-bond donors (Lipinski definition) is 2. The number of benzene rings is 1. The van der Waals surface area contributed by atoms with Crippen LogP contribution in [-0.2, 0) is 0 Å². The summed E-state index contributed by atoms with van der Waals surface area (Å²) in [5, 5.41) is 8.72. The first kappa shape index (κ1) is 20.2. The minimum atomic E-state index is -0.984. The number of carboxylic acids is 1. The SMILES string of the molecule is CCCCOc1ccc(C(=O)O)cc1N.CCN(CC)CC. The van der Waals surface area contributed by atoms with E-state index in [0.29, 0.717) is 18.0 Å². The average Bonchev–Trinajstić information content (AvgIpc) is 2.51. The predicted molar refractivity (Wildman–Crippen MR) is 91.7 cm³/mol. The Kier molecular flexibility index (Phi) is 10.9. The molecule has 0 unspecified atom stereocenters. The molecule has 126 valence electrons. The topological polar surface area (TPSA) is 75.8 Å². The van der Waals surface area contributed by atoms with Crippen molar-refractivity contribution < 1.29 is 14.6 Å². The summed E-state index contributed by atoms with van der Waals surface area (Å²) in [4.78, 5) is 13.0. The summed E-state index contributed by atoms with van der Waals surface area (Å²) in [5.41, 5.74) is 6.20. The van der Waals surface area contributed by atoms with E-state index in [1.807, 2.05) is 0 Å². The number of hydrogen-bond acceptors (Lipinski definition) is 4. The number of nitrogens with zero attached hydrogens (tertiary/aromatic N) is 1. The van der Waals surface area contributed by atoms with Crippen LogP contribution in [0.3, 0.4) is 0 Å². The van der Waals surface area contributed by atoms with E-state index in [0.717, 1.165) is 12.8 Å². The molecule has 0 aromatic heterocycles. The predicted octanol–water partition coefficient (Wildman–Crippen LogP) is 3.49. The second-order valence-electron chi connectivity index (χ2n) is 4.88. The Labute approximate surface area is 134 Å². The lowest BCUT2D eigenvalue weighted by atomic mass is 10.2. The third-order valence-corrected chi connectivity index (χ3v) is 3.35. The van der Waals surface area contributed by atoms with Crippen molar-refractivity contribution in [1.82, 2.24) is 4.90 Å². The molecule has 22 heavy (non-hydrogen) atoms. The van der Waals surface area contributed by atoms with Gasteiger partial charge < -0.3 is 20.5 Å². The number of ether oxygens (including phenoxy) is 1. The summed E-state index contributed by atoms with van der Waals surface area (Å²) in [5.74, 6) is -0.435. The molecule has 0 aliphatic carbocycles. The first-order valence-electron chi connectivity index (χ1n) is 7.97. The van der Waals surface area contributed by atoms with Crippen LogP contribution in [-0.4, -0.2) is 42.2 Å². The van der Waals surface area contributed by atoms with Gasteiger partial charge in [0.15, 0.2) is 0 Å². The maximum atomic E-state index is 10.6. The number of carbonyl (C=O) groups is 1. The van der Waals surface area contributed by atoms with Gasteiger partial charge >= 0.3 is 5.97 Å². The molecule has 0 amide bonds. The highest BCUT2D eigenvalue weighted by Gasteiger charge is 2.06. The largest absolute Gasteiger partial charge is 0.491 e. The first-order chi connectivity index (χ1) is 10.5. The van der Waals surface area contributed by atoms with Crippen LogP contribution in [0.25, 0.3) is 0 Å². The van der Waals surface area contributed by atoms with Crippen molar-refractivity contribution in [2.45, 2.75) is 40.5 Å². The van der Waals surface area contributed by atoms with Crippen molar-refractivity contribution in [2.75, 3.05) is 32.0 Å². The maximum Gasteiger partial charge on any atom is 0.335 e. The highest BCUT2D eigenvalue weighted by molar-refractivity contribution is 5.89. The smallest absolute Gasteiger partial charge is 0.335 e. The van der Waals surface area contributed by atoms with Gasteiger partial charge in [0.05, 0.1) is 17.9 Å².